The molecule has 0 saturated carbocycles. The topological polar surface area (TPSA) is 93.8 Å². The SMILES string of the molecule is Cc1cc(CN)nc(C)c1CNC(=O)c1ccnc(Cc2ccc3ncc(C(F)(F)F)cc3c2)c1. The van der Waals surface area contributed by atoms with E-state index in [1.807, 2.05) is 19.9 Å². The number of nitrogens with two attached hydrogens (primary N) is 1. The minimum atomic E-state index is -4.46. The molecular formula is C26H24F3N5O. The van der Waals surface area contributed by atoms with Gasteiger partial charge < -0.3 is 11.1 Å². The van der Waals surface area contributed by atoms with Crippen molar-refractivity contribution >= 4 is 16.8 Å². The molecule has 180 valence electrons. The average molecular weight is 480 g/mol. The van der Waals surface area contributed by atoms with Crippen molar-refractivity contribution in [1.82, 2.24) is 20.3 Å². The Morgan fingerprint density at radius 1 is 1.03 bits per heavy atom. The third-order valence-corrected chi connectivity index (χ3v) is 5.78. The molecule has 0 aliphatic carbocycles. The number of carbonyl (C=O) groups excluding carboxylic acids is 1. The van der Waals surface area contributed by atoms with Crippen molar-refractivity contribution in [2.75, 3.05) is 0 Å². The smallest absolute Gasteiger partial charge is 0.348 e. The molecule has 9 heteroatoms. The molecule has 4 aromatic rings. The standard InChI is InChI=1S/C26H24F3N5O/c1-15-7-22(12-30)34-16(2)23(15)14-33-25(35)18-5-6-31-21(11-18)9-17-3-4-24-19(8-17)10-20(13-32-24)26(27,28)29/h3-8,10-11,13H,9,12,14,30H2,1-2H3,(H,33,35). The largest absolute Gasteiger partial charge is 0.417 e. The zero-order valence-corrected chi connectivity index (χ0v) is 19.3. The molecule has 4 rings (SSSR count). The Bertz CT molecular complexity index is 1380. The lowest BCUT2D eigenvalue weighted by molar-refractivity contribution is -0.137. The van der Waals surface area contributed by atoms with Gasteiger partial charge in [-0.3, -0.25) is 19.7 Å². The van der Waals surface area contributed by atoms with Crippen molar-refractivity contribution in [2.45, 2.75) is 39.5 Å². The van der Waals surface area contributed by atoms with E-state index in [0.29, 0.717) is 41.7 Å². The van der Waals surface area contributed by atoms with Gasteiger partial charge in [-0.2, -0.15) is 13.2 Å². The van der Waals surface area contributed by atoms with E-state index >= 15 is 0 Å². The molecule has 3 N–H and O–H groups in total. The summed E-state index contributed by atoms with van der Waals surface area (Å²) in [6, 6.07) is 11.4. The Morgan fingerprint density at radius 2 is 1.83 bits per heavy atom. The molecule has 1 amide bonds. The van der Waals surface area contributed by atoms with Gasteiger partial charge in [0, 0.05) is 54.2 Å². The average Bonchev–Trinajstić information content (AvgIpc) is 2.82. The summed E-state index contributed by atoms with van der Waals surface area (Å²) in [4.78, 5) is 25.5. The number of halogens is 3. The van der Waals surface area contributed by atoms with Gasteiger partial charge in [-0.05, 0) is 66.9 Å². The lowest BCUT2D eigenvalue weighted by Crippen LogP contribution is -2.24. The van der Waals surface area contributed by atoms with Crippen LogP contribution in [-0.4, -0.2) is 20.9 Å². The molecule has 0 bridgehead atoms. The molecule has 3 heterocycles. The van der Waals surface area contributed by atoms with Gasteiger partial charge in [0.05, 0.1) is 16.8 Å². The van der Waals surface area contributed by atoms with Crippen molar-refractivity contribution < 1.29 is 18.0 Å². The Hall–Kier alpha value is -3.85. The van der Waals surface area contributed by atoms with E-state index in [1.54, 1.807) is 36.5 Å². The summed E-state index contributed by atoms with van der Waals surface area (Å²) in [6.45, 7) is 4.52. The number of benzene rings is 1. The summed E-state index contributed by atoms with van der Waals surface area (Å²) in [6.07, 6.45) is -1.73. The zero-order valence-electron chi connectivity index (χ0n) is 19.3. The predicted molar refractivity (Wildman–Crippen MR) is 127 cm³/mol. The second-order valence-corrected chi connectivity index (χ2v) is 8.34. The van der Waals surface area contributed by atoms with Crippen LogP contribution in [0.15, 0.2) is 54.9 Å². The molecule has 0 aliphatic rings. The number of nitrogens with one attached hydrogen (secondary N) is 1. The van der Waals surface area contributed by atoms with Crippen molar-refractivity contribution in [3.05, 3.63) is 99.8 Å². The minimum absolute atomic E-state index is 0.257. The Morgan fingerprint density at radius 3 is 2.54 bits per heavy atom. The van der Waals surface area contributed by atoms with Gasteiger partial charge in [0.2, 0.25) is 0 Å². The van der Waals surface area contributed by atoms with Crippen LogP contribution in [0, 0.1) is 13.8 Å². The molecule has 0 radical (unpaired) electrons. The molecule has 35 heavy (non-hydrogen) atoms. The maximum absolute atomic E-state index is 13.0. The van der Waals surface area contributed by atoms with Crippen LogP contribution >= 0.6 is 0 Å². The van der Waals surface area contributed by atoms with Gasteiger partial charge >= 0.3 is 6.18 Å². The monoisotopic (exact) mass is 479 g/mol. The highest BCUT2D eigenvalue weighted by Gasteiger charge is 2.31. The lowest BCUT2D eigenvalue weighted by Gasteiger charge is -2.13. The molecule has 0 unspecified atom stereocenters. The van der Waals surface area contributed by atoms with Crippen molar-refractivity contribution in [3.8, 4) is 0 Å². The second-order valence-electron chi connectivity index (χ2n) is 8.34. The third-order valence-electron chi connectivity index (χ3n) is 5.78. The van der Waals surface area contributed by atoms with E-state index < -0.39 is 11.7 Å². The highest BCUT2D eigenvalue weighted by molar-refractivity contribution is 5.94. The molecule has 6 nitrogen and oxygen atoms in total. The molecule has 0 fully saturated rings. The number of carbonyl (C=O) groups is 1. The fourth-order valence-electron chi connectivity index (χ4n) is 3.95. The van der Waals surface area contributed by atoms with Crippen LogP contribution in [0.25, 0.3) is 10.9 Å². The Labute approximate surface area is 200 Å². The zero-order chi connectivity index (χ0) is 25.2. The van der Waals surface area contributed by atoms with Gasteiger partial charge in [0.25, 0.3) is 5.91 Å². The number of amides is 1. The van der Waals surface area contributed by atoms with Crippen LogP contribution in [0.2, 0.25) is 0 Å². The van der Waals surface area contributed by atoms with Crippen LogP contribution in [0.4, 0.5) is 13.2 Å². The van der Waals surface area contributed by atoms with Crippen LogP contribution in [0.5, 0.6) is 0 Å². The number of rotatable bonds is 6. The normalized spacial score (nSPS) is 11.6. The van der Waals surface area contributed by atoms with E-state index in [9.17, 15) is 18.0 Å². The predicted octanol–water partition coefficient (Wildman–Crippen LogP) is 4.64. The Balaban J connectivity index is 1.49. The van der Waals surface area contributed by atoms with E-state index in [1.165, 1.54) is 0 Å². The summed E-state index contributed by atoms with van der Waals surface area (Å²) < 4.78 is 39.1. The van der Waals surface area contributed by atoms with Gasteiger partial charge in [-0.1, -0.05) is 6.07 Å². The minimum Gasteiger partial charge on any atom is -0.348 e. The van der Waals surface area contributed by atoms with Gasteiger partial charge in [0.15, 0.2) is 0 Å². The molecule has 0 saturated heterocycles. The van der Waals surface area contributed by atoms with Gasteiger partial charge in [-0.15, -0.1) is 0 Å². The van der Waals surface area contributed by atoms with Crippen LogP contribution < -0.4 is 11.1 Å². The summed E-state index contributed by atoms with van der Waals surface area (Å²) >= 11 is 0. The number of fused-ring (bicyclic) bond motifs is 1. The van der Waals surface area contributed by atoms with E-state index in [4.69, 9.17) is 5.73 Å². The summed E-state index contributed by atoms with van der Waals surface area (Å²) in [5, 5.41) is 3.31. The first-order chi connectivity index (χ1) is 16.6. The number of aryl methyl sites for hydroxylation is 2. The summed E-state index contributed by atoms with van der Waals surface area (Å²) in [5.41, 5.74) is 10.7. The number of hydrogen-bond donors (Lipinski definition) is 2. The molecule has 3 aromatic heterocycles. The summed E-state index contributed by atoms with van der Waals surface area (Å²) in [7, 11) is 0. The van der Waals surface area contributed by atoms with Crippen LogP contribution in [0.1, 0.15) is 49.7 Å². The van der Waals surface area contributed by atoms with E-state index in [0.717, 1.165) is 40.3 Å². The highest BCUT2D eigenvalue weighted by atomic mass is 19.4. The first kappa shape index (κ1) is 24.3. The fraction of sp³-hybridized carbons (Fsp3) is 0.231. The van der Waals surface area contributed by atoms with Crippen molar-refractivity contribution in [3.63, 3.8) is 0 Å². The first-order valence-corrected chi connectivity index (χ1v) is 11.0. The fourth-order valence-corrected chi connectivity index (χ4v) is 3.95. The number of hydrogen-bond acceptors (Lipinski definition) is 5. The van der Waals surface area contributed by atoms with Gasteiger partial charge in [0.1, 0.15) is 0 Å². The second kappa shape index (κ2) is 9.79. The van der Waals surface area contributed by atoms with Crippen molar-refractivity contribution in [1.29, 1.82) is 0 Å². The van der Waals surface area contributed by atoms with E-state index in [2.05, 4.69) is 20.3 Å². The van der Waals surface area contributed by atoms with Crippen molar-refractivity contribution in [2.24, 2.45) is 5.73 Å². The number of alkyl halides is 3. The summed E-state index contributed by atoms with van der Waals surface area (Å²) in [5.74, 6) is -0.257. The van der Waals surface area contributed by atoms with Crippen LogP contribution in [-0.2, 0) is 25.7 Å². The lowest BCUT2D eigenvalue weighted by atomic mass is 10.0. The molecule has 0 spiro atoms. The third kappa shape index (κ3) is 5.63. The first-order valence-electron chi connectivity index (χ1n) is 11.0. The maximum Gasteiger partial charge on any atom is 0.417 e. The molecule has 1 aromatic carbocycles. The van der Waals surface area contributed by atoms with Crippen LogP contribution in [0.3, 0.4) is 0 Å². The highest BCUT2D eigenvalue weighted by Crippen LogP contribution is 2.30. The molecule has 0 aliphatic heterocycles. The van der Waals surface area contributed by atoms with Gasteiger partial charge in [-0.25, -0.2) is 0 Å². The Kier molecular flexibility index (Phi) is 6.79. The maximum atomic E-state index is 13.0. The number of aromatic nitrogens is 3. The quantitative estimate of drug-likeness (QED) is 0.420. The molecular weight excluding hydrogens is 455 g/mol. The number of nitrogens with zero attached hydrogens (tertiary/aromatic N) is 3. The molecule has 0 atom stereocenters. The van der Waals surface area contributed by atoms with E-state index in [-0.39, 0.29) is 5.91 Å². The number of pyridine rings is 3.